The molecule has 0 aliphatic carbocycles. The Balaban J connectivity index is 1.88. The Morgan fingerprint density at radius 2 is 1.56 bits per heavy atom. The second kappa shape index (κ2) is 10.9. The highest BCUT2D eigenvalue weighted by molar-refractivity contribution is 5.98. The first-order chi connectivity index (χ1) is 17.4. The summed E-state index contributed by atoms with van der Waals surface area (Å²) in [6, 6.07) is 18.9. The maximum atomic E-state index is 13.6. The number of hydrogen-bond acceptors (Lipinski definition) is 5. The number of anilines is 1. The van der Waals surface area contributed by atoms with Crippen LogP contribution in [0.4, 0.5) is 5.69 Å². The van der Waals surface area contributed by atoms with Crippen molar-refractivity contribution >= 4 is 17.6 Å². The molecule has 3 aromatic carbocycles. The lowest BCUT2D eigenvalue weighted by Gasteiger charge is -2.38. The van der Waals surface area contributed by atoms with Crippen LogP contribution in [0.15, 0.2) is 60.7 Å². The van der Waals surface area contributed by atoms with Crippen molar-refractivity contribution in [2.45, 2.75) is 46.1 Å². The molecule has 0 N–H and O–H groups in total. The molecule has 6 heteroatoms. The number of carbonyl (C=O) groups excluding carboxylic acids is 2. The van der Waals surface area contributed by atoms with Gasteiger partial charge in [-0.25, -0.2) is 4.79 Å². The smallest absolute Gasteiger partial charge is 0.337 e. The minimum Gasteiger partial charge on any atom is -0.490 e. The summed E-state index contributed by atoms with van der Waals surface area (Å²) >= 11 is 0. The van der Waals surface area contributed by atoms with E-state index in [0.29, 0.717) is 36.2 Å². The summed E-state index contributed by atoms with van der Waals surface area (Å²) in [4.78, 5) is 27.5. The Morgan fingerprint density at radius 1 is 0.944 bits per heavy atom. The predicted molar refractivity (Wildman–Crippen MR) is 140 cm³/mol. The normalized spacial score (nSPS) is 15.0. The largest absolute Gasteiger partial charge is 0.490 e. The van der Waals surface area contributed by atoms with Crippen LogP contribution in [-0.2, 0) is 16.0 Å². The van der Waals surface area contributed by atoms with Gasteiger partial charge in [0.25, 0.3) is 0 Å². The van der Waals surface area contributed by atoms with Gasteiger partial charge in [0, 0.05) is 5.69 Å². The van der Waals surface area contributed by atoms with Gasteiger partial charge < -0.3 is 19.1 Å². The van der Waals surface area contributed by atoms with Gasteiger partial charge in [0.15, 0.2) is 11.5 Å². The van der Waals surface area contributed by atoms with Gasteiger partial charge in [-0.2, -0.15) is 0 Å². The van der Waals surface area contributed by atoms with Gasteiger partial charge in [0.2, 0.25) is 5.91 Å². The molecular weight excluding hydrogens is 454 g/mol. The Hall–Kier alpha value is -3.80. The summed E-state index contributed by atoms with van der Waals surface area (Å²) in [6.07, 6.45) is 0.254. The number of methoxy groups -OCH3 is 1. The van der Waals surface area contributed by atoms with Gasteiger partial charge in [-0.3, -0.25) is 4.79 Å². The SMILES string of the molecule is CCOc1cc2c(cc1OCC)C(c1ccc(C(=O)OC)cc1)N(c1ccc(C(C)C)cc1)C(=O)C2. The highest BCUT2D eigenvalue weighted by Crippen LogP contribution is 2.43. The van der Waals surface area contributed by atoms with Crippen molar-refractivity contribution in [3.05, 3.63) is 88.5 Å². The number of amides is 1. The van der Waals surface area contributed by atoms with Gasteiger partial charge in [-0.15, -0.1) is 0 Å². The molecule has 0 bridgehead atoms. The summed E-state index contributed by atoms with van der Waals surface area (Å²) in [6.45, 7) is 9.15. The number of benzene rings is 3. The van der Waals surface area contributed by atoms with Crippen LogP contribution in [0.5, 0.6) is 11.5 Å². The van der Waals surface area contributed by atoms with E-state index in [0.717, 1.165) is 22.4 Å². The lowest BCUT2D eigenvalue weighted by molar-refractivity contribution is -0.118. The molecule has 188 valence electrons. The molecule has 1 aliphatic heterocycles. The van der Waals surface area contributed by atoms with Gasteiger partial charge in [0.1, 0.15) is 0 Å². The number of esters is 1. The third-order valence-electron chi connectivity index (χ3n) is 6.45. The average Bonchev–Trinajstić information content (AvgIpc) is 2.88. The van der Waals surface area contributed by atoms with Crippen LogP contribution in [0.1, 0.15) is 72.3 Å². The molecule has 0 fully saturated rings. The molecular formula is C30H33NO5. The van der Waals surface area contributed by atoms with Crippen LogP contribution in [0.3, 0.4) is 0 Å². The minimum absolute atomic E-state index is 0.00607. The van der Waals surface area contributed by atoms with E-state index in [-0.39, 0.29) is 12.3 Å². The molecule has 0 saturated heterocycles. The molecule has 0 spiro atoms. The molecule has 3 aromatic rings. The van der Waals surface area contributed by atoms with E-state index in [4.69, 9.17) is 14.2 Å². The Kier molecular flexibility index (Phi) is 7.63. The van der Waals surface area contributed by atoms with Crippen LogP contribution in [0.2, 0.25) is 0 Å². The number of rotatable bonds is 8. The topological polar surface area (TPSA) is 65.1 Å². The summed E-state index contributed by atoms with van der Waals surface area (Å²) < 4.78 is 16.6. The number of nitrogens with zero attached hydrogens (tertiary/aromatic N) is 1. The van der Waals surface area contributed by atoms with Crippen molar-refractivity contribution in [2.24, 2.45) is 0 Å². The van der Waals surface area contributed by atoms with E-state index in [1.54, 1.807) is 12.1 Å². The van der Waals surface area contributed by atoms with Crippen LogP contribution >= 0.6 is 0 Å². The molecule has 1 aliphatic rings. The number of ether oxygens (including phenoxy) is 3. The molecule has 6 nitrogen and oxygen atoms in total. The predicted octanol–water partition coefficient (Wildman–Crippen LogP) is 6.07. The van der Waals surface area contributed by atoms with Gasteiger partial charge in [-0.05, 0) is 78.4 Å². The molecule has 0 aromatic heterocycles. The first kappa shape index (κ1) is 25.3. The molecule has 0 radical (unpaired) electrons. The van der Waals surface area contributed by atoms with Gasteiger partial charge in [-0.1, -0.05) is 38.1 Å². The van der Waals surface area contributed by atoms with Crippen LogP contribution < -0.4 is 14.4 Å². The number of fused-ring (bicyclic) bond motifs is 1. The van der Waals surface area contributed by atoms with Crippen molar-refractivity contribution in [3.8, 4) is 11.5 Å². The van der Waals surface area contributed by atoms with Crippen molar-refractivity contribution in [3.63, 3.8) is 0 Å². The minimum atomic E-state index is -0.400. The zero-order valence-corrected chi connectivity index (χ0v) is 21.5. The van der Waals surface area contributed by atoms with E-state index in [1.807, 2.05) is 55.1 Å². The molecule has 0 saturated carbocycles. The van der Waals surface area contributed by atoms with Crippen molar-refractivity contribution < 1.29 is 23.8 Å². The lowest BCUT2D eigenvalue weighted by Crippen LogP contribution is -2.41. The van der Waals surface area contributed by atoms with E-state index >= 15 is 0 Å². The van der Waals surface area contributed by atoms with E-state index in [1.165, 1.54) is 12.7 Å². The van der Waals surface area contributed by atoms with Crippen molar-refractivity contribution in [1.82, 2.24) is 0 Å². The standard InChI is InChI=1S/C30H33NO5/c1-6-35-26-16-23-17-28(32)31(24-14-12-20(13-15-24)19(3)4)29(25(23)18-27(26)36-7-2)21-8-10-22(11-9-21)30(33)34-5/h8-16,18-19,29H,6-7,17H2,1-5H3. The molecule has 1 amide bonds. The Morgan fingerprint density at radius 3 is 2.11 bits per heavy atom. The molecule has 36 heavy (non-hydrogen) atoms. The fourth-order valence-electron chi connectivity index (χ4n) is 4.65. The quantitative estimate of drug-likeness (QED) is 0.361. The van der Waals surface area contributed by atoms with Gasteiger partial charge >= 0.3 is 5.97 Å². The molecule has 1 unspecified atom stereocenters. The van der Waals surface area contributed by atoms with Crippen LogP contribution in [-0.4, -0.2) is 32.2 Å². The second-order valence-electron chi connectivity index (χ2n) is 9.07. The fraction of sp³-hybridized carbons (Fsp3) is 0.333. The Labute approximate surface area is 212 Å². The summed E-state index contributed by atoms with van der Waals surface area (Å²) in [5, 5.41) is 0. The summed E-state index contributed by atoms with van der Waals surface area (Å²) in [5.74, 6) is 1.28. The first-order valence-corrected chi connectivity index (χ1v) is 12.4. The number of carbonyl (C=O) groups is 2. The zero-order chi connectivity index (χ0) is 25.8. The summed E-state index contributed by atoms with van der Waals surface area (Å²) in [7, 11) is 1.36. The third-order valence-corrected chi connectivity index (χ3v) is 6.45. The molecule has 4 rings (SSSR count). The first-order valence-electron chi connectivity index (χ1n) is 12.4. The fourth-order valence-corrected chi connectivity index (χ4v) is 4.65. The maximum absolute atomic E-state index is 13.6. The highest BCUT2D eigenvalue weighted by Gasteiger charge is 2.36. The second-order valence-corrected chi connectivity index (χ2v) is 9.07. The summed E-state index contributed by atoms with van der Waals surface area (Å²) in [5.41, 5.74) is 5.26. The van der Waals surface area contributed by atoms with E-state index < -0.39 is 12.0 Å². The monoisotopic (exact) mass is 487 g/mol. The maximum Gasteiger partial charge on any atom is 0.337 e. The van der Waals surface area contributed by atoms with Crippen LogP contribution in [0.25, 0.3) is 0 Å². The highest BCUT2D eigenvalue weighted by atomic mass is 16.5. The molecule has 1 atom stereocenters. The van der Waals surface area contributed by atoms with E-state index in [2.05, 4.69) is 26.0 Å². The zero-order valence-electron chi connectivity index (χ0n) is 21.5. The van der Waals surface area contributed by atoms with Gasteiger partial charge in [0.05, 0.1) is 38.3 Å². The van der Waals surface area contributed by atoms with Crippen molar-refractivity contribution in [1.29, 1.82) is 0 Å². The van der Waals surface area contributed by atoms with Crippen molar-refractivity contribution in [2.75, 3.05) is 25.2 Å². The number of hydrogen-bond donors (Lipinski definition) is 0. The third kappa shape index (κ3) is 4.94. The Bertz CT molecular complexity index is 1230. The van der Waals surface area contributed by atoms with E-state index in [9.17, 15) is 9.59 Å². The molecule has 1 heterocycles. The lowest BCUT2D eigenvalue weighted by atomic mass is 9.86. The average molecular weight is 488 g/mol. The van der Waals surface area contributed by atoms with Crippen LogP contribution in [0, 0.1) is 0 Å².